The minimum absolute atomic E-state index is 0.0310. The van der Waals surface area contributed by atoms with Crippen molar-refractivity contribution in [1.29, 1.82) is 5.26 Å². The number of aromatic nitrogens is 2. The number of fused-ring (bicyclic) bond motifs is 3. The molecule has 2 bridgehead atoms. The molecule has 1 fully saturated rings. The third-order valence-electron chi connectivity index (χ3n) is 5.10. The van der Waals surface area contributed by atoms with Crippen molar-refractivity contribution >= 4 is 17.5 Å². The molecule has 4 rings (SSSR count). The van der Waals surface area contributed by atoms with E-state index in [4.69, 9.17) is 18.9 Å². The molecule has 0 atom stereocenters. The van der Waals surface area contributed by atoms with Crippen LogP contribution >= 0.6 is 0 Å². The standard InChI is InChI=1S/C23H26N6O5/c24-15-19-22-27-21(16-25-19)28-23(30)26-18-14-17(4-5-20(18)33-9-1-2-10-34-22)32-11-3-6-29-7-12-31-13-8-29/h1-2,4-5,14,16H,3,6-13H2,(H2,26,27,28,30)/b2-1+. The van der Waals surface area contributed by atoms with Crippen molar-refractivity contribution in [1.82, 2.24) is 14.9 Å². The number of hydrogen-bond donors (Lipinski definition) is 2. The zero-order chi connectivity index (χ0) is 23.6. The maximum Gasteiger partial charge on any atom is 0.325 e. The second-order valence-corrected chi connectivity index (χ2v) is 7.51. The third-order valence-corrected chi connectivity index (χ3v) is 5.10. The highest BCUT2D eigenvalue weighted by Gasteiger charge is 2.14. The SMILES string of the molecule is N#Cc1ncc2nc1OC/C=C/COc1ccc(OCCCN3CCOCC3)cc1NC(=O)N2. The highest BCUT2D eigenvalue weighted by atomic mass is 16.5. The Labute approximate surface area is 197 Å². The Morgan fingerprint density at radius 2 is 1.97 bits per heavy atom. The van der Waals surface area contributed by atoms with Crippen LogP contribution in [0.5, 0.6) is 17.4 Å². The van der Waals surface area contributed by atoms with E-state index in [0.717, 1.165) is 39.3 Å². The van der Waals surface area contributed by atoms with E-state index in [1.165, 1.54) is 6.20 Å². The summed E-state index contributed by atoms with van der Waals surface area (Å²) < 4.78 is 22.5. The van der Waals surface area contributed by atoms with Gasteiger partial charge in [0.25, 0.3) is 5.88 Å². The molecule has 2 amide bonds. The molecule has 178 valence electrons. The topological polar surface area (TPSA) is 131 Å². The zero-order valence-corrected chi connectivity index (χ0v) is 18.7. The number of nitrogens with one attached hydrogen (secondary N) is 2. The van der Waals surface area contributed by atoms with Crippen LogP contribution in [-0.2, 0) is 4.74 Å². The van der Waals surface area contributed by atoms with Gasteiger partial charge in [-0.1, -0.05) is 0 Å². The highest BCUT2D eigenvalue weighted by molar-refractivity contribution is 6.00. The van der Waals surface area contributed by atoms with Crippen LogP contribution in [0, 0.1) is 11.3 Å². The fourth-order valence-electron chi connectivity index (χ4n) is 3.41. The van der Waals surface area contributed by atoms with Crippen molar-refractivity contribution in [2.45, 2.75) is 6.42 Å². The van der Waals surface area contributed by atoms with Gasteiger partial charge in [0, 0.05) is 25.7 Å². The number of carbonyl (C=O) groups is 1. The van der Waals surface area contributed by atoms with Crippen LogP contribution in [0.2, 0.25) is 0 Å². The molecule has 3 heterocycles. The molecule has 0 aliphatic carbocycles. The van der Waals surface area contributed by atoms with Crippen LogP contribution in [0.1, 0.15) is 12.1 Å². The maximum atomic E-state index is 12.6. The van der Waals surface area contributed by atoms with E-state index in [1.807, 2.05) is 12.1 Å². The zero-order valence-electron chi connectivity index (χ0n) is 18.7. The van der Waals surface area contributed by atoms with Gasteiger partial charge < -0.3 is 24.3 Å². The Morgan fingerprint density at radius 1 is 1.15 bits per heavy atom. The fraction of sp³-hybridized carbons (Fsp3) is 0.391. The number of nitriles is 1. The van der Waals surface area contributed by atoms with Gasteiger partial charge >= 0.3 is 6.03 Å². The molecule has 2 aromatic rings. The summed E-state index contributed by atoms with van der Waals surface area (Å²) in [7, 11) is 0. The van der Waals surface area contributed by atoms with Crippen molar-refractivity contribution in [2.24, 2.45) is 0 Å². The summed E-state index contributed by atoms with van der Waals surface area (Å²) in [5.41, 5.74) is 0.482. The van der Waals surface area contributed by atoms with Crippen molar-refractivity contribution in [2.75, 3.05) is 63.3 Å². The van der Waals surface area contributed by atoms with Crippen LogP contribution < -0.4 is 24.8 Å². The van der Waals surface area contributed by atoms with Crippen molar-refractivity contribution in [3.05, 3.63) is 42.2 Å². The summed E-state index contributed by atoms with van der Waals surface area (Å²) >= 11 is 0. The second-order valence-electron chi connectivity index (χ2n) is 7.51. The monoisotopic (exact) mass is 466 g/mol. The van der Waals surface area contributed by atoms with E-state index >= 15 is 0 Å². The lowest BCUT2D eigenvalue weighted by Crippen LogP contribution is -2.37. The minimum Gasteiger partial charge on any atom is -0.493 e. The number of amides is 2. The third kappa shape index (κ3) is 6.57. The van der Waals surface area contributed by atoms with Crippen LogP contribution in [0.25, 0.3) is 0 Å². The Balaban J connectivity index is 1.43. The first kappa shape index (κ1) is 23.3. The van der Waals surface area contributed by atoms with Gasteiger partial charge in [0.05, 0.1) is 31.7 Å². The van der Waals surface area contributed by atoms with Crippen molar-refractivity contribution in [3.63, 3.8) is 0 Å². The molecule has 11 heteroatoms. The summed E-state index contributed by atoms with van der Waals surface area (Å²) in [5.74, 6) is 1.29. The number of urea groups is 1. The van der Waals surface area contributed by atoms with Gasteiger partial charge in [-0.3, -0.25) is 10.2 Å². The molecule has 1 aromatic heterocycles. The summed E-state index contributed by atoms with van der Waals surface area (Å²) in [6.45, 7) is 5.37. The second kappa shape index (κ2) is 11.8. The van der Waals surface area contributed by atoms with Crippen LogP contribution in [0.3, 0.4) is 0 Å². The van der Waals surface area contributed by atoms with Gasteiger partial charge in [-0.05, 0) is 30.7 Å². The van der Waals surface area contributed by atoms with Gasteiger partial charge in [0.1, 0.15) is 30.8 Å². The summed E-state index contributed by atoms with van der Waals surface area (Å²) in [6, 6.07) is 6.65. The molecule has 0 unspecified atom stereocenters. The Morgan fingerprint density at radius 3 is 2.79 bits per heavy atom. The number of hydrogen-bond acceptors (Lipinski definition) is 9. The van der Waals surface area contributed by atoms with E-state index in [-0.39, 0.29) is 30.6 Å². The molecular weight excluding hydrogens is 440 g/mol. The number of anilines is 2. The quantitative estimate of drug-likeness (QED) is 0.504. The average Bonchev–Trinajstić information content (AvgIpc) is 2.85. The largest absolute Gasteiger partial charge is 0.493 e. The van der Waals surface area contributed by atoms with E-state index in [1.54, 1.807) is 24.3 Å². The minimum atomic E-state index is -0.549. The van der Waals surface area contributed by atoms with Crippen molar-refractivity contribution < 1.29 is 23.7 Å². The van der Waals surface area contributed by atoms with Crippen LogP contribution in [-0.4, -0.2) is 73.6 Å². The molecule has 1 aromatic carbocycles. The van der Waals surface area contributed by atoms with Gasteiger partial charge in [0.2, 0.25) is 5.69 Å². The molecular formula is C23H26N6O5. The molecule has 0 spiro atoms. The van der Waals surface area contributed by atoms with E-state index in [2.05, 4.69) is 25.5 Å². The average molecular weight is 466 g/mol. The van der Waals surface area contributed by atoms with Gasteiger partial charge in [0.15, 0.2) is 5.82 Å². The number of benzene rings is 1. The highest BCUT2D eigenvalue weighted by Crippen LogP contribution is 2.30. The van der Waals surface area contributed by atoms with Crippen LogP contribution in [0.4, 0.5) is 16.3 Å². The molecule has 2 N–H and O–H groups in total. The Kier molecular flexibility index (Phi) is 8.10. The lowest BCUT2D eigenvalue weighted by molar-refractivity contribution is 0.0358. The Hall–Kier alpha value is -3.88. The smallest absolute Gasteiger partial charge is 0.325 e. The summed E-state index contributed by atoms with van der Waals surface area (Å²) in [4.78, 5) is 23.1. The first-order chi connectivity index (χ1) is 16.7. The molecule has 2 aliphatic heterocycles. The van der Waals surface area contributed by atoms with Gasteiger partial charge in [-0.25, -0.2) is 9.78 Å². The Bertz CT molecular complexity index is 1060. The number of carbonyl (C=O) groups excluding carboxylic acids is 1. The molecule has 0 saturated carbocycles. The molecule has 0 radical (unpaired) electrons. The van der Waals surface area contributed by atoms with E-state index < -0.39 is 6.03 Å². The van der Waals surface area contributed by atoms with Crippen molar-refractivity contribution in [3.8, 4) is 23.4 Å². The molecule has 2 aliphatic rings. The van der Waals surface area contributed by atoms with Crippen LogP contribution in [0.15, 0.2) is 36.5 Å². The first-order valence-corrected chi connectivity index (χ1v) is 11.0. The normalized spacial score (nSPS) is 17.4. The number of ether oxygens (including phenoxy) is 4. The molecule has 1 saturated heterocycles. The fourth-order valence-corrected chi connectivity index (χ4v) is 3.41. The lowest BCUT2D eigenvalue weighted by atomic mass is 10.2. The predicted octanol–water partition coefficient (Wildman–Crippen LogP) is 2.42. The summed E-state index contributed by atoms with van der Waals surface area (Å²) in [6.07, 6.45) is 5.69. The van der Waals surface area contributed by atoms with E-state index in [9.17, 15) is 10.1 Å². The predicted molar refractivity (Wildman–Crippen MR) is 123 cm³/mol. The van der Waals surface area contributed by atoms with Gasteiger partial charge in [-0.15, -0.1) is 0 Å². The van der Waals surface area contributed by atoms with E-state index in [0.29, 0.717) is 23.8 Å². The molecule has 11 nitrogen and oxygen atoms in total. The van der Waals surface area contributed by atoms with Gasteiger partial charge in [-0.2, -0.15) is 10.2 Å². The number of rotatable bonds is 5. The molecule has 34 heavy (non-hydrogen) atoms. The summed E-state index contributed by atoms with van der Waals surface area (Å²) in [5, 5.41) is 14.5. The number of nitrogens with zero attached hydrogens (tertiary/aromatic N) is 4. The number of morpholine rings is 1. The first-order valence-electron chi connectivity index (χ1n) is 11.0. The lowest BCUT2D eigenvalue weighted by Gasteiger charge is -2.26. The maximum absolute atomic E-state index is 12.6.